The summed E-state index contributed by atoms with van der Waals surface area (Å²) in [4.78, 5) is 0. The lowest BCUT2D eigenvalue weighted by Crippen LogP contribution is -2.49. The van der Waals surface area contributed by atoms with Crippen LogP contribution < -0.4 is 5.46 Å². The Morgan fingerprint density at radius 3 is 1.76 bits per heavy atom. The zero-order valence-electron chi connectivity index (χ0n) is 20.2. The van der Waals surface area contributed by atoms with Crippen molar-refractivity contribution in [2.75, 3.05) is 0 Å². The molecule has 0 heterocycles. The number of hydrogen-bond acceptors (Lipinski definition) is 2. The molecule has 0 spiro atoms. The summed E-state index contributed by atoms with van der Waals surface area (Å²) in [6, 6.07) is 36.8. The summed E-state index contributed by atoms with van der Waals surface area (Å²) >= 11 is 0. The number of aliphatic hydroxyl groups is 1. The standard InChI is InChI=1S/C31H30BO2/c1-29(2,33)30(3,4)34-32-24-16-12-15-23(21-24)31(22-13-6-5-7-14-22)27-19-10-8-17-25(27)26-18-9-11-20-28(26)31/h5-21,33H,1-4H3. The minimum absolute atomic E-state index is 0.427. The highest BCUT2D eigenvalue weighted by atomic mass is 16.5. The van der Waals surface area contributed by atoms with Crippen LogP contribution in [0.5, 0.6) is 0 Å². The highest BCUT2D eigenvalue weighted by Crippen LogP contribution is 2.55. The summed E-state index contributed by atoms with van der Waals surface area (Å²) in [6.45, 7) is 7.35. The summed E-state index contributed by atoms with van der Waals surface area (Å²) in [7, 11) is 1.77. The largest absolute Gasteiger partial charge is 0.427 e. The molecule has 169 valence electrons. The number of fused-ring (bicyclic) bond motifs is 3. The van der Waals surface area contributed by atoms with E-state index in [0.717, 1.165) is 5.46 Å². The van der Waals surface area contributed by atoms with Gasteiger partial charge in [0.25, 0.3) is 0 Å². The molecular weight excluding hydrogens is 415 g/mol. The van der Waals surface area contributed by atoms with Crippen molar-refractivity contribution < 1.29 is 9.76 Å². The Hall–Kier alpha value is -3.14. The van der Waals surface area contributed by atoms with Gasteiger partial charge in [0.05, 0.1) is 16.6 Å². The zero-order chi connectivity index (χ0) is 24.0. The molecule has 0 atom stereocenters. The first-order valence-electron chi connectivity index (χ1n) is 11.8. The molecule has 0 saturated carbocycles. The van der Waals surface area contributed by atoms with Crippen LogP contribution >= 0.6 is 0 Å². The maximum absolute atomic E-state index is 10.5. The summed E-state index contributed by atoms with van der Waals surface area (Å²) in [6.07, 6.45) is 0. The fourth-order valence-corrected chi connectivity index (χ4v) is 4.92. The van der Waals surface area contributed by atoms with Gasteiger partial charge in [-0.3, -0.25) is 0 Å². The molecule has 0 aliphatic heterocycles. The van der Waals surface area contributed by atoms with Crippen molar-refractivity contribution in [2.45, 2.75) is 44.3 Å². The van der Waals surface area contributed by atoms with E-state index in [-0.39, 0.29) is 0 Å². The van der Waals surface area contributed by atoms with Crippen molar-refractivity contribution in [1.29, 1.82) is 0 Å². The van der Waals surface area contributed by atoms with Crippen LogP contribution in [0.4, 0.5) is 0 Å². The zero-order valence-corrected chi connectivity index (χ0v) is 20.2. The molecule has 0 amide bonds. The summed E-state index contributed by atoms with van der Waals surface area (Å²) in [5.41, 5.74) is 6.39. The molecule has 34 heavy (non-hydrogen) atoms. The van der Waals surface area contributed by atoms with Gasteiger partial charge >= 0.3 is 7.48 Å². The first-order valence-corrected chi connectivity index (χ1v) is 11.8. The average molecular weight is 445 g/mol. The van der Waals surface area contributed by atoms with E-state index in [1.165, 1.54) is 33.4 Å². The Morgan fingerprint density at radius 1 is 0.647 bits per heavy atom. The summed E-state index contributed by atoms with van der Waals surface area (Å²) < 4.78 is 6.10. The predicted octanol–water partition coefficient (Wildman–Crippen LogP) is 5.86. The van der Waals surface area contributed by atoms with Gasteiger partial charge in [-0.25, -0.2) is 0 Å². The van der Waals surface area contributed by atoms with Gasteiger partial charge in [-0.05, 0) is 61.1 Å². The Bertz CT molecular complexity index is 1270. The van der Waals surface area contributed by atoms with Gasteiger partial charge < -0.3 is 9.76 Å². The second kappa shape index (κ2) is 8.27. The fourth-order valence-electron chi connectivity index (χ4n) is 4.92. The van der Waals surface area contributed by atoms with Crippen LogP contribution in [0, 0.1) is 0 Å². The van der Waals surface area contributed by atoms with Crippen molar-refractivity contribution >= 4 is 12.9 Å². The first-order chi connectivity index (χ1) is 16.2. The second-order valence-corrected chi connectivity index (χ2v) is 10.1. The fraction of sp³-hybridized carbons (Fsp3) is 0.226. The quantitative estimate of drug-likeness (QED) is 0.332. The molecule has 4 aromatic rings. The maximum Gasteiger partial charge on any atom is 0.330 e. The Morgan fingerprint density at radius 2 is 1.18 bits per heavy atom. The summed E-state index contributed by atoms with van der Waals surface area (Å²) in [5, 5.41) is 10.5. The monoisotopic (exact) mass is 445 g/mol. The van der Waals surface area contributed by atoms with Crippen molar-refractivity contribution in [3.05, 3.63) is 125 Å². The van der Waals surface area contributed by atoms with E-state index in [1.807, 2.05) is 13.8 Å². The Kier molecular flexibility index (Phi) is 5.51. The van der Waals surface area contributed by atoms with Gasteiger partial charge in [-0.1, -0.05) is 109 Å². The van der Waals surface area contributed by atoms with Gasteiger partial charge in [0.15, 0.2) is 0 Å². The minimum atomic E-state index is -0.976. The Balaban J connectivity index is 1.70. The number of benzene rings is 4. The van der Waals surface area contributed by atoms with E-state index < -0.39 is 16.6 Å². The lowest BCUT2D eigenvalue weighted by molar-refractivity contribution is -0.0893. The molecule has 5 rings (SSSR count). The van der Waals surface area contributed by atoms with Crippen LogP contribution in [0.3, 0.4) is 0 Å². The predicted molar refractivity (Wildman–Crippen MR) is 141 cm³/mol. The van der Waals surface area contributed by atoms with Crippen LogP contribution in [-0.2, 0) is 10.1 Å². The average Bonchev–Trinajstić information content (AvgIpc) is 3.14. The van der Waals surface area contributed by atoms with Crippen LogP contribution in [0.2, 0.25) is 0 Å². The van der Waals surface area contributed by atoms with Crippen molar-refractivity contribution in [2.24, 2.45) is 0 Å². The number of hydrogen-bond donors (Lipinski definition) is 1. The third-order valence-electron chi connectivity index (χ3n) is 7.44. The molecular formula is C31H30BO2. The van der Waals surface area contributed by atoms with E-state index in [9.17, 15) is 5.11 Å². The third-order valence-corrected chi connectivity index (χ3v) is 7.44. The second-order valence-electron chi connectivity index (χ2n) is 10.1. The SMILES string of the molecule is CC(C)(O)C(C)(C)O[B]c1cccc(C2(c3ccccc3)c3ccccc3-c3ccccc32)c1. The minimum Gasteiger partial charge on any atom is -0.427 e. The Labute approximate surface area is 203 Å². The van der Waals surface area contributed by atoms with Gasteiger partial charge in [0, 0.05) is 0 Å². The van der Waals surface area contributed by atoms with Gasteiger partial charge in [-0.2, -0.15) is 0 Å². The smallest absolute Gasteiger partial charge is 0.330 e. The van der Waals surface area contributed by atoms with Crippen LogP contribution in [0.1, 0.15) is 49.9 Å². The molecule has 0 unspecified atom stereocenters. The molecule has 3 heteroatoms. The topological polar surface area (TPSA) is 29.5 Å². The molecule has 1 aliphatic carbocycles. The van der Waals surface area contributed by atoms with Crippen LogP contribution in [-0.4, -0.2) is 23.8 Å². The molecule has 0 bridgehead atoms. The van der Waals surface area contributed by atoms with E-state index in [0.29, 0.717) is 0 Å². The van der Waals surface area contributed by atoms with Crippen molar-refractivity contribution in [3.63, 3.8) is 0 Å². The van der Waals surface area contributed by atoms with Gasteiger partial charge in [0.2, 0.25) is 0 Å². The molecule has 2 nitrogen and oxygen atoms in total. The van der Waals surface area contributed by atoms with Gasteiger partial charge in [0.1, 0.15) is 0 Å². The normalized spacial score (nSPS) is 14.4. The van der Waals surface area contributed by atoms with Crippen molar-refractivity contribution in [1.82, 2.24) is 0 Å². The lowest BCUT2D eigenvalue weighted by atomic mass is 9.66. The lowest BCUT2D eigenvalue weighted by Gasteiger charge is -2.38. The molecule has 1 N–H and O–H groups in total. The van der Waals surface area contributed by atoms with E-state index in [2.05, 4.69) is 103 Å². The highest BCUT2D eigenvalue weighted by Gasteiger charge is 2.46. The van der Waals surface area contributed by atoms with Crippen molar-refractivity contribution in [3.8, 4) is 11.1 Å². The third kappa shape index (κ3) is 3.51. The maximum atomic E-state index is 10.5. The summed E-state index contributed by atoms with van der Waals surface area (Å²) in [5.74, 6) is 0. The molecule has 0 saturated heterocycles. The number of rotatable bonds is 6. The molecule has 0 aromatic heterocycles. The van der Waals surface area contributed by atoms with E-state index in [1.54, 1.807) is 21.3 Å². The highest BCUT2D eigenvalue weighted by molar-refractivity contribution is 6.47. The van der Waals surface area contributed by atoms with E-state index in [4.69, 9.17) is 4.65 Å². The van der Waals surface area contributed by atoms with Crippen LogP contribution in [0.25, 0.3) is 11.1 Å². The van der Waals surface area contributed by atoms with E-state index >= 15 is 0 Å². The first kappa shape index (κ1) is 22.6. The molecule has 1 aliphatic rings. The van der Waals surface area contributed by atoms with Gasteiger partial charge in [-0.15, -0.1) is 0 Å². The van der Waals surface area contributed by atoms with Crippen LogP contribution in [0.15, 0.2) is 103 Å². The molecule has 0 fully saturated rings. The molecule has 1 radical (unpaired) electrons. The molecule has 4 aromatic carbocycles.